The summed E-state index contributed by atoms with van der Waals surface area (Å²) in [7, 11) is 0. The molecule has 2 heterocycles. The number of halogens is 1. The minimum Gasteiger partial charge on any atom is -0.378 e. The highest BCUT2D eigenvalue weighted by Gasteiger charge is 2.10. The Morgan fingerprint density at radius 3 is 2.50 bits per heavy atom. The minimum atomic E-state index is 0.486. The topological polar surface area (TPSA) is 37.4 Å². The summed E-state index contributed by atoms with van der Waals surface area (Å²) >= 11 is 5.87. The fourth-order valence-electron chi connectivity index (χ4n) is 2.22. The Labute approximate surface area is 123 Å². The van der Waals surface area contributed by atoms with Gasteiger partial charge < -0.3 is 15.0 Å². The number of hydrogen-bond acceptors (Lipinski definition) is 4. The first-order valence-corrected chi connectivity index (χ1v) is 7.00. The van der Waals surface area contributed by atoms with Crippen LogP contribution in [-0.4, -0.2) is 31.3 Å². The molecule has 2 aromatic rings. The quantitative estimate of drug-likeness (QED) is 0.880. The second kappa shape index (κ2) is 6.11. The number of morpholine rings is 1. The first kappa shape index (κ1) is 13.2. The van der Waals surface area contributed by atoms with Crippen LogP contribution in [0.15, 0.2) is 42.6 Å². The largest absolute Gasteiger partial charge is 0.378 e. The van der Waals surface area contributed by atoms with Crippen molar-refractivity contribution in [2.75, 3.05) is 36.5 Å². The second-order valence-corrected chi connectivity index (χ2v) is 5.03. The van der Waals surface area contributed by atoms with Crippen LogP contribution in [0.4, 0.5) is 17.1 Å². The Morgan fingerprint density at radius 1 is 1.05 bits per heavy atom. The van der Waals surface area contributed by atoms with Crippen molar-refractivity contribution in [3.8, 4) is 0 Å². The summed E-state index contributed by atoms with van der Waals surface area (Å²) in [6.45, 7) is 3.50. The lowest BCUT2D eigenvalue weighted by Gasteiger charge is -2.28. The number of anilines is 3. The van der Waals surface area contributed by atoms with E-state index >= 15 is 0 Å². The van der Waals surface area contributed by atoms with Crippen molar-refractivity contribution in [3.05, 3.63) is 47.7 Å². The van der Waals surface area contributed by atoms with Crippen LogP contribution in [0.2, 0.25) is 5.15 Å². The van der Waals surface area contributed by atoms with Gasteiger partial charge in [0, 0.05) is 36.3 Å². The average Bonchev–Trinajstić information content (AvgIpc) is 2.49. The number of hydrogen-bond donors (Lipinski definition) is 1. The van der Waals surface area contributed by atoms with Gasteiger partial charge in [0.05, 0.1) is 13.2 Å². The van der Waals surface area contributed by atoms with E-state index in [2.05, 4.69) is 39.5 Å². The van der Waals surface area contributed by atoms with Gasteiger partial charge in [-0.2, -0.15) is 0 Å². The molecule has 3 rings (SSSR count). The third-order valence-electron chi connectivity index (χ3n) is 3.26. The Balaban J connectivity index is 1.69. The van der Waals surface area contributed by atoms with E-state index in [-0.39, 0.29) is 0 Å². The Hall–Kier alpha value is -1.78. The van der Waals surface area contributed by atoms with E-state index < -0.39 is 0 Å². The highest BCUT2D eigenvalue weighted by Crippen LogP contribution is 2.22. The Bertz CT molecular complexity index is 568. The molecular formula is C15H16ClN3O. The molecule has 0 bridgehead atoms. The molecule has 0 spiro atoms. The first-order chi connectivity index (χ1) is 9.81. The van der Waals surface area contributed by atoms with Gasteiger partial charge in [0.25, 0.3) is 0 Å². The van der Waals surface area contributed by atoms with E-state index in [4.69, 9.17) is 16.3 Å². The molecule has 20 heavy (non-hydrogen) atoms. The van der Waals surface area contributed by atoms with Crippen LogP contribution in [0.5, 0.6) is 0 Å². The number of ether oxygens (including phenoxy) is 1. The summed E-state index contributed by atoms with van der Waals surface area (Å²) in [5, 5.41) is 3.79. The number of nitrogens with zero attached hydrogens (tertiary/aromatic N) is 2. The van der Waals surface area contributed by atoms with E-state index in [1.54, 1.807) is 12.3 Å². The van der Waals surface area contributed by atoms with Crippen LogP contribution in [-0.2, 0) is 4.74 Å². The summed E-state index contributed by atoms with van der Waals surface area (Å²) in [4.78, 5) is 6.29. The zero-order valence-corrected chi connectivity index (χ0v) is 11.8. The van der Waals surface area contributed by atoms with E-state index in [1.807, 2.05) is 6.07 Å². The number of aromatic nitrogens is 1. The lowest BCUT2D eigenvalue weighted by Crippen LogP contribution is -2.36. The van der Waals surface area contributed by atoms with Crippen molar-refractivity contribution in [1.82, 2.24) is 4.98 Å². The van der Waals surface area contributed by atoms with Crippen molar-refractivity contribution in [3.63, 3.8) is 0 Å². The number of rotatable bonds is 3. The first-order valence-electron chi connectivity index (χ1n) is 6.62. The molecule has 1 N–H and O–H groups in total. The van der Waals surface area contributed by atoms with Crippen LogP contribution in [0.3, 0.4) is 0 Å². The molecule has 1 aromatic heterocycles. The zero-order chi connectivity index (χ0) is 13.8. The molecule has 104 valence electrons. The summed E-state index contributed by atoms with van der Waals surface area (Å²) in [6, 6.07) is 12.1. The molecule has 1 aliphatic heterocycles. The maximum absolute atomic E-state index is 5.87. The smallest absolute Gasteiger partial charge is 0.131 e. The van der Waals surface area contributed by atoms with Gasteiger partial charge in [0.2, 0.25) is 0 Å². The van der Waals surface area contributed by atoms with Crippen LogP contribution < -0.4 is 10.2 Å². The highest BCUT2D eigenvalue weighted by molar-refractivity contribution is 6.29. The van der Waals surface area contributed by atoms with E-state index in [1.165, 1.54) is 5.69 Å². The molecule has 0 atom stereocenters. The highest BCUT2D eigenvalue weighted by atomic mass is 35.5. The summed E-state index contributed by atoms with van der Waals surface area (Å²) in [5.41, 5.74) is 3.19. The van der Waals surface area contributed by atoms with Gasteiger partial charge in [-0.25, -0.2) is 4.98 Å². The molecule has 0 amide bonds. The predicted octanol–water partition coefficient (Wildman–Crippen LogP) is 3.32. The fraction of sp³-hybridized carbons (Fsp3) is 0.267. The predicted molar refractivity (Wildman–Crippen MR) is 82.0 cm³/mol. The summed E-state index contributed by atoms with van der Waals surface area (Å²) in [5.74, 6) is 0. The molecule has 0 radical (unpaired) electrons. The number of pyridine rings is 1. The molecule has 1 aromatic carbocycles. The van der Waals surface area contributed by atoms with Gasteiger partial charge in [0.15, 0.2) is 0 Å². The van der Waals surface area contributed by atoms with Crippen molar-refractivity contribution in [1.29, 1.82) is 0 Å². The third-order valence-corrected chi connectivity index (χ3v) is 3.47. The van der Waals surface area contributed by atoms with Gasteiger partial charge in [-0.15, -0.1) is 0 Å². The summed E-state index contributed by atoms with van der Waals surface area (Å²) < 4.78 is 5.36. The molecular weight excluding hydrogens is 274 g/mol. The molecule has 0 unspecified atom stereocenters. The standard InChI is InChI=1S/C15H16ClN3O/c16-15-11-13(5-6-17-15)18-12-1-3-14(4-2-12)19-7-9-20-10-8-19/h1-6,11H,7-10H2,(H,17,18). The SMILES string of the molecule is Clc1cc(Nc2ccc(N3CCOCC3)cc2)ccn1. The van der Waals surface area contributed by atoms with Gasteiger partial charge in [-0.3, -0.25) is 0 Å². The zero-order valence-electron chi connectivity index (χ0n) is 11.1. The Kier molecular flexibility index (Phi) is 4.04. The molecule has 0 saturated carbocycles. The van der Waals surface area contributed by atoms with Crippen molar-refractivity contribution in [2.24, 2.45) is 0 Å². The normalized spacial score (nSPS) is 15.2. The molecule has 0 aliphatic carbocycles. The number of benzene rings is 1. The molecule has 1 fully saturated rings. The monoisotopic (exact) mass is 289 g/mol. The maximum Gasteiger partial charge on any atom is 0.131 e. The lowest BCUT2D eigenvalue weighted by atomic mass is 10.2. The van der Waals surface area contributed by atoms with E-state index in [0.29, 0.717) is 5.15 Å². The van der Waals surface area contributed by atoms with Crippen LogP contribution in [0.25, 0.3) is 0 Å². The van der Waals surface area contributed by atoms with Crippen molar-refractivity contribution >= 4 is 28.7 Å². The molecule has 4 nitrogen and oxygen atoms in total. The molecule has 5 heteroatoms. The van der Waals surface area contributed by atoms with Gasteiger partial charge in [0.1, 0.15) is 5.15 Å². The summed E-state index contributed by atoms with van der Waals surface area (Å²) in [6.07, 6.45) is 1.69. The van der Waals surface area contributed by atoms with Crippen LogP contribution >= 0.6 is 11.6 Å². The number of nitrogens with one attached hydrogen (secondary N) is 1. The molecule has 1 aliphatic rings. The molecule has 1 saturated heterocycles. The maximum atomic E-state index is 5.87. The van der Waals surface area contributed by atoms with Crippen LogP contribution in [0.1, 0.15) is 0 Å². The van der Waals surface area contributed by atoms with Gasteiger partial charge in [-0.1, -0.05) is 11.6 Å². The minimum absolute atomic E-state index is 0.486. The van der Waals surface area contributed by atoms with Crippen molar-refractivity contribution < 1.29 is 4.74 Å². The lowest BCUT2D eigenvalue weighted by molar-refractivity contribution is 0.122. The van der Waals surface area contributed by atoms with E-state index in [0.717, 1.165) is 37.7 Å². The fourth-order valence-corrected chi connectivity index (χ4v) is 2.40. The van der Waals surface area contributed by atoms with Crippen LogP contribution in [0, 0.1) is 0 Å². The van der Waals surface area contributed by atoms with E-state index in [9.17, 15) is 0 Å². The third kappa shape index (κ3) is 3.21. The second-order valence-electron chi connectivity index (χ2n) is 4.64. The van der Waals surface area contributed by atoms with Gasteiger partial charge in [-0.05, 0) is 36.4 Å². The Morgan fingerprint density at radius 2 is 1.80 bits per heavy atom. The van der Waals surface area contributed by atoms with Crippen molar-refractivity contribution in [2.45, 2.75) is 0 Å². The average molecular weight is 290 g/mol. The van der Waals surface area contributed by atoms with Gasteiger partial charge >= 0.3 is 0 Å².